The summed E-state index contributed by atoms with van der Waals surface area (Å²) in [5.74, 6) is 1.80. The minimum atomic E-state index is -0.393. The van der Waals surface area contributed by atoms with Crippen LogP contribution in [0.2, 0.25) is 0 Å². The lowest BCUT2D eigenvalue weighted by Crippen LogP contribution is -2.55. The van der Waals surface area contributed by atoms with Gasteiger partial charge >= 0.3 is 0 Å². The minimum Gasteiger partial charge on any atom is -0.493 e. The monoisotopic (exact) mass is 382 g/mol. The number of carbonyl (C=O) groups is 1. The minimum absolute atomic E-state index is 0.0197. The van der Waals surface area contributed by atoms with E-state index in [0.29, 0.717) is 47.2 Å². The highest BCUT2D eigenvalue weighted by molar-refractivity contribution is 6.02. The quantitative estimate of drug-likeness (QED) is 0.647. The van der Waals surface area contributed by atoms with Crippen molar-refractivity contribution >= 4 is 28.2 Å². The Hall–Kier alpha value is -3.26. The molecule has 2 aromatic heterocycles. The zero-order valence-corrected chi connectivity index (χ0v) is 15.8. The topological polar surface area (TPSA) is 103 Å². The molecule has 8 heteroatoms. The van der Waals surface area contributed by atoms with Crippen molar-refractivity contribution in [3.8, 4) is 11.5 Å². The summed E-state index contributed by atoms with van der Waals surface area (Å²) in [6, 6.07) is 6.69. The molecule has 1 aliphatic heterocycles. The van der Waals surface area contributed by atoms with E-state index in [1.54, 1.807) is 32.4 Å². The molecule has 1 aliphatic rings. The molecule has 0 radical (unpaired) electrons. The molecule has 3 aromatic rings. The second-order valence-corrected chi connectivity index (χ2v) is 6.58. The number of carbonyl (C=O) groups excluding carboxylic acids is 1. The van der Waals surface area contributed by atoms with Crippen molar-refractivity contribution in [2.45, 2.75) is 6.04 Å². The van der Waals surface area contributed by atoms with Crippen LogP contribution in [-0.4, -0.2) is 50.7 Å². The number of nitrogens with zero attached hydrogens (tertiary/aromatic N) is 2. The van der Waals surface area contributed by atoms with E-state index in [-0.39, 0.29) is 5.78 Å². The number of rotatable bonds is 5. The smallest absolute Gasteiger partial charge is 0.189 e. The maximum Gasteiger partial charge on any atom is 0.189 e. The average molecular weight is 382 g/mol. The van der Waals surface area contributed by atoms with Crippen molar-refractivity contribution in [3.63, 3.8) is 0 Å². The van der Waals surface area contributed by atoms with Crippen LogP contribution in [0, 0.1) is 0 Å². The molecule has 8 nitrogen and oxygen atoms in total. The van der Waals surface area contributed by atoms with Gasteiger partial charge in [-0.1, -0.05) is 0 Å². The molecular formula is C20H22N4O4. The van der Waals surface area contributed by atoms with Gasteiger partial charge in [-0.25, -0.2) is 4.98 Å². The van der Waals surface area contributed by atoms with Crippen LogP contribution in [0.3, 0.4) is 0 Å². The van der Waals surface area contributed by atoms with Crippen LogP contribution in [0.25, 0.3) is 10.9 Å². The molecule has 0 saturated carbocycles. The summed E-state index contributed by atoms with van der Waals surface area (Å²) < 4.78 is 15.8. The third-order valence-corrected chi connectivity index (χ3v) is 4.98. The average Bonchev–Trinajstić information content (AvgIpc) is 3.27. The highest BCUT2D eigenvalue weighted by Gasteiger charge is 2.31. The first-order valence-corrected chi connectivity index (χ1v) is 8.98. The lowest BCUT2D eigenvalue weighted by Gasteiger charge is -2.36. The fourth-order valence-corrected chi connectivity index (χ4v) is 3.52. The van der Waals surface area contributed by atoms with Crippen molar-refractivity contribution < 1.29 is 18.7 Å². The van der Waals surface area contributed by atoms with Gasteiger partial charge in [-0.05, 0) is 12.1 Å². The number of ketones is 1. The number of nitrogens with two attached hydrogens (primary N) is 1. The molecule has 0 aliphatic carbocycles. The lowest BCUT2D eigenvalue weighted by molar-refractivity contribution is 0.0950. The fraction of sp³-hybridized carbons (Fsp3) is 0.300. The summed E-state index contributed by atoms with van der Waals surface area (Å²) in [6.07, 6.45) is 2.97. The van der Waals surface area contributed by atoms with E-state index >= 15 is 0 Å². The van der Waals surface area contributed by atoms with E-state index in [1.165, 1.54) is 12.5 Å². The molecule has 146 valence electrons. The van der Waals surface area contributed by atoms with Crippen molar-refractivity contribution in [1.29, 1.82) is 0 Å². The van der Waals surface area contributed by atoms with E-state index in [4.69, 9.17) is 24.6 Å². The lowest BCUT2D eigenvalue weighted by atomic mass is 10.0. The number of nitrogen functional groups attached to an aromatic ring is 1. The van der Waals surface area contributed by atoms with Gasteiger partial charge < -0.3 is 29.8 Å². The molecule has 1 saturated heterocycles. The van der Waals surface area contributed by atoms with E-state index in [2.05, 4.69) is 5.32 Å². The largest absolute Gasteiger partial charge is 0.493 e. The van der Waals surface area contributed by atoms with Gasteiger partial charge in [-0.2, -0.15) is 0 Å². The third-order valence-electron chi connectivity index (χ3n) is 4.98. The van der Waals surface area contributed by atoms with Crippen molar-refractivity contribution in [1.82, 2.24) is 10.3 Å². The zero-order valence-electron chi connectivity index (χ0n) is 15.8. The highest BCUT2D eigenvalue weighted by Crippen LogP contribution is 2.35. The number of pyridine rings is 1. The number of furan rings is 1. The normalized spacial score (nSPS) is 16.9. The van der Waals surface area contributed by atoms with E-state index in [1.807, 2.05) is 11.0 Å². The van der Waals surface area contributed by atoms with E-state index < -0.39 is 6.04 Å². The predicted molar refractivity (Wildman–Crippen MR) is 106 cm³/mol. The molecule has 3 heterocycles. The molecule has 1 fully saturated rings. The number of nitrogens with one attached hydrogen (secondary N) is 1. The van der Waals surface area contributed by atoms with Gasteiger partial charge in [0, 0.05) is 42.8 Å². The van der Waals surface area contributed by atoms with Gasteiger partial charge in [0.25, 0.3) is 0 Å². The number of Topliss-reactive ketones (excluding diaryl/α,β-unsaturated/α-hetero) is 1. The Morgan fingerprint density at radius 1 is 1.29 bits per heavy atom. The second-order valence-electron chi connectivity index (χ2n) is 6.58. The summed E-state index contributed by atoms with van der Waals surface area (Å²) in [6.45, 7) is 1.91. The summed E-state index contributed by atoms with van der Waals surface area (Å²) in [4.78, 5) is 19.7. The first kappa shape index (κ1) is 18.1. The first-order valence-electron chi connectivity index (χ1n) is 8.98. The van der Waals surface area contributed by atoms with Crippen LogP contribution in [0.4, 0.5) is 11.5 Å². The zero-order chi connectivity index (χ0) is 19.7. The first-order chi connectivity index (χ1) is 13.6. The SMILES string of the molecule is COc1cc2nc(N3CCNCC3C(=O)c3ccoc3)cc(N)c2cc1OC. The number of ether oxygens (including phenoxy) is 2. The van der Waals surface area contributed by atoms with Crippen LogP contribution in [0.15, 0.2) is 41.2 Å². The molecule has 0 spiro atoms. The number of methoxy groups -OCH3 is 2. The maximum absolute atomic E-state index is 12.9. The van der Waals surface area contributed by atoms with Gasteiger partial charge in [0.2, 0.25) is 0 Å². The van der Waals surface area contributed by atoms with Gasteiger partial charge in [0.05, 0.1) is 31.6 Å². The Bertz CT molecular complexity index is 1000. The summed E-state index contributed by atoms with van der Waals surface area (Å²) in [5, 5.41) is 4.05. The van der Waals surface area contributed by atoms with Gasteiger partial charge in [-0.15, -0.1) is 0 Å². The van der Waals surface area contributed by atoms with E-state index in [9.17, 15) is 4.79 Å². The van der Waals surface area contributed by atoms with Crippen LogP contribution >= 0.6 is 0 Å². The number of hydrogen-bond acceptors (Lipinski definition) is 8. The number of aromatic nitrogens is 1. The Labute approximate surface area is 162 Å². The van der Waals surface area contributed by atoms with Crippen LogP contribution in [0.5, 0.6) is 11.5 Å². The number of anilines is 2. The summed E-state index contributed by atoms with van der Waals surface area (Å²) in [7, 11) is 3.15. The molecule has 0 amide bonds. The molecule has 1 aromatic carbocycles. The molecule has 3 N–H and O–H groups in total. The Morgan fingerprint density at radius 3 is 2.79 bits per heavy atom. The Morgan fingerprint density at radius 2 is 2.07 bits per heavy atom. The third kappa shape index (κ3) is 3.11. The van der Waals surface area contributed by atoms with E-state index in [0.717, 1.165) is 11.9 Å². The molecular weight excluding hydrogens is 360 g/mol. The van der Waals surface area contributed by atoms with Crippen LogP contribution in [-0.2, 0) is 0 Å². The van der Waals surface area contributed by atoms with Crippen LogP contribution < -0.4 is 25.4 Å². The summed E-state index contributed by atoms with van der Waals surface area (Å²) in [5.41, 5.74) is 8.10. The van der Waals surface area contributed by atoms with Crippen LogP contribution in [0.1, 0.15) is 10.4 Å². The Balaban J connectivity index is 1.77. The van der Waals surface area contributed by atoms with Gasteiger partial charge in [0.1, 0.15) is 18.1 Å². The van der Waals surface area contributed by atoms with Crippen molar-refractivity contribution in [2.24, 2.45) is 0 Å². The Kier molecular flexibility index (Phi) is 4.79. The number of piperazine rings is 1. The van der Waals surface area contributed by atoms with Gasteiger partial charge in [0.15, 0.2) is 17.3 Å². The molecule has 1 atom stereocenters. The second kappa shape index (κ2) is 7.40. The number of benzene rings is 1. The standard InChI is InChI=1S/C20H22N4O4/c1-26-17-7-13-14(21)8-19(23-15(13)9-18(17)27-2)24-5-4-22-10-16(24)20(25)12-3-6-28-11-12/h3,6-9,11,16,22H,4-5,10H2,1-2H3,(H2,21,23). The van der Waals surface area contributed by atoms with Crippen molar-refractivity contribution in [2.75, 3.05) is 44.5 Å². The molecule has 28 heavy (non-hydrogen) atoms. The number of fused-ring (bicyclic) bond motifs is 1. The van der Waals surface area contributed by atoms with Gasteiger partial charge in [-0.3, -0.25) is 4.79 Å². The fourth-order valence-electron chi connectivity index (χ4n) is 3.52. The molecule has 4 rings (SSSR count). The maximum atomic E-state index is 12.9. The summed E-state index contributed by atoms with van der Waals surface area (Å²) >= 11 is 0. The molecule has 0 bridgehead atoms. The predicted octanol–water partition coefficient (Wildman–Crippen LogP) is 2.09. The molecule has 1 unspecified atom stereocenters. The number of hydrogen-bond donors (Lipinski definition) is 2. The van der Waals surface area contributed by atoms with Crippen molar-refractivity contribution in [3.05, 3.63) is 42.4 Å². The highest BCUT2D eigenvalue weighted by atomic mass is 16.5.